The molecule has 0 unspecified atom stereocenters. The minimum absolute atomic E-state index is 0.0853. The highest BCUT2D eigenvalue weighted by Gasteiger charge is 2.15. The number of thioether (sulfide) groups is 1. The Morgan fingerprint density at radius 3 is 2.50 bits per heavy atom. The number of anilines is 1. The van der Waals surface area contributed by atoms with Crippen LogP contribution in [0.4, 0.5) is 5.69 Å². The van der Waals surface area contributed by atoms with Gasteiger partial charge in [0, 0.05) is 18.3 Å². The van der Waals surface area contributed by atoms with Crippen molar-refractivity contribution in [3.05, 3.63) is 59.4 Å². The van der Waals surface area contributed by atoms with Crippen LogP contribution >= 0.6 is 11.8 Å². The van der Waals surface area contributed by atoms with Crippen molar-refractivity contribution in [1.82, 2.24) is 20.1 Å². The van der Waals surface area contributed by atoms with Gasteiger partial charge in [0.05, 0.1) is 19.4 Å². The number of hydrogen-bond acceptors (Lipinski definition) is 7. The minimum Gasteiger partial charge on any atom is -0.497 e. The first-order chi connectivity index (χ1) is 16.4. The molecule has 0 bridgehead atoms. The Balaban J connectivity index is 1.50. The van der Waals surface area contributed by atoms with Crippen LogP contribution in [-0.4, -0.2) is 46.0 Å². The first kappa shape index (κ1) is 25.1. The van der Waals surface area contributed by atoms with Gasteiger partial charge in [0.25, 0.3) is 5.91 Å². The molecule has 9 nitrogen and oxygen atoms in total. The highest BCUT2D eigenvalue weighted by atomic mass is 32.2. The van der Waals surface area contributed by atoms with Gasteiger partial charge in [-0.1, -0.05) is 36.0 Å². The van der Waals surface area contributed by atoms with E-state index in [9.17, 15) is 9.59 Å². The number of carbonyl (C=O) groups is 2. The van der Waals surface area contributed by atoms with Gasteiger partial charge in [0.2, 0.25) is 5.91 Å². The molecule has 180 valence electrons. The lowest BCUT2D eigenvalue weighted by molar-refractivity contribution is -0.123. The molecule has 34 heavy (non-hydrogen) atoms. The molecule has 1 heterocycles. The highest BCUT2D eigenvalue weighted by molar-refractivity contribution is 7.99. The normalized spacial score (nSPS) is 10.6. The summed E-state index contributed by atoms with van der Waals surface area (Å²) in [5.41, 5.74) is 2.62. The lowest BCUT2D eigenvalue weighted by atomic mass is 10.1. The molecule has 0 saturated carbocycles. The van der Waals surface area contributed by atoms with E-state index in [0.717, 1.165) is 16.9 Å². The van der Waals surface area contributed by atoms with Gasteiger partial charge in [-0.15, -0.1) is 10.2 Å². The van der Waals surface area contributed by atoms with Crippen LogP contribution in [0.25, 0.3) is 0 Å². The van der Waals surface area contributed by atoms with E-state index < -0.39 is 0 Å². The van der Waals surface area contributed by atoms with E-state index in [0.29, 0.717) is 29.0 Å². The van der Waals surface area contributed by atoms with Crippen molar-refractivity contribution >= 4 is 29.3 Å². The summed E-state index contributed by atoms with van der Waals surface area (Å²) in [6, 6.07) is 13.0. The number of rotatable bonds is 11. The molecule has 0 aliphatic carbocycles. The third-order valence-electron chi connectivity index (χ3n) is 5.00. The standard InChI is InChI=1S/C24H29N5O4S/c1-5-29-20(13-25-21(30)14-33-23-16(2)8-6-9-17(23)3)27-28-24(29)34-15-22(31)26-18-10-7-11-19(12-18)32-4/h6-12H,5,13-15H2,1-4H3,(H,25,30)(H,26,31). The molecular weight excluding hydrogens is 454 g/mol. The zero-order valence-corrected chi connectivity index (χ0v) is 20.6. The van der Waals surface area contributed by atoms with E-state index in [1.807, 2.05) is 55.7 Å². The van der Waals surface area contributed by atoms with Gasteiger partial charge in [-0.3, -0.25) is 9.59 Å². The number of para-hydroxylation sites is 1. The quantitative estimate of drug-likeness (QED) is 0.403. The topological polar surface area (TPSA) is 107 Å². The fourth-order valence-corrected chi connectivity index (χ4v) is 4.12. The minimum atomic E-state index is -0.250. The van der Waals surface area contributed by atoms with Crippen LogP contribution in [0.15, 0.2) is 47.6 Å². The predicted molar refractivity (Wildman–Crippen MR) is 131 cm³/mol. The molecule has 3 rings (SSSR count). The van der Waals surface area contributed by atoms with Crippen molar-refractivity contribution in [3.63, 3.8) is 0 Å². The van der Waals surface area contributed by atoms with Gasteiger partial charge in [-0.2, -0.15) is 0 Å². The van der Waals surface area contributed by atoms with Crippen LogP contribution < -0.4 is 20.1 Å². The second-order valence-corrected chi connectivity index (χ2v) is 8.44. The molecule has 0 fully saturated rings. The fourth-order valence-electron chi connectivity index (χ4n) is 3.30. The lowest BCUT2D eigenvalue weighted by Gasteiger charge is -2.12. The number of aryl methyl sites for hydroxylation is 2. The summed E-state index contributed by atoms with van der Waals surface area (Å²) < 4.78 is 12.7. The van der Waals surface area contributed by atoms with E-state index in [1.165, 1.54) is 11.8 Å². The lowest BCUT2D eigenvalue weighted by Crippen LogP contribution is -2.29. The van der Waals surface area contributed by atoms with Crippen molar-refractivity contribution in [2.75, 3.05) is 24.8 Å². The summed E-state index contributed by atoms with van der Waals surface area (Å²) in [7, 11) is 1.58. The molecule has 0 atom stereocenters. The second kappa shape index (κ2) is 12.1. The van der Waals surface area contributed by atoms with Crippen molar-refractivity contribution in [1.29, 1.82) is 0 Å². The summed E-state index contributed by atoms with van der Waals surface area (Å²) in [5, 5.41) is 14.6. The molecule has 0 aliphatic heterocycles. The number of benzene rings is 2. The van der Waals surface area contributed by atoms with E-state index in [-0.39, 0.29) is 30.7 Å². The Morgan fingerprint density at radius 2 is 1.79 bits per heavy atom. The fraction of sp³-hybridized carbons (Fsp3) is 0.333. The monoisotopic (exact) mass is 483 g/mol. The molecule has 10 heteroatoms. The average molecular weight is 484 g/mol. The smallest absolute Gasteiger partial charge is 0.258 e. The van der Waals surface area contributed by atoms with Crippen LogP contribution in [-0.2, 0) is 22.7 Å². The zero-order chi connectivity index (χ0) is 24.5. The number of carbonyl (C=O) groups excluding carboxylic acids is 2. The van der Waals surface area contributed by atoms with E-state index in [1.54, 1.807) is 19.2 Å². The van der Waals surface area contributed by atoms with Gasteiger partial charge in [-0.05, 0) is 44.0 Å². The molecular formula is C24H29N5O4S. The highest BCUT2D eigenvalue weighted by Crippen LogP contribution is 2.22. The molecule has 0 radical (unpaired) electrons. The number of nitrogens with zero attached hydrogens (tertiary/aromatic N) is 3. The average Bonchev–Trinajstić information content (AvgIpc) is 3.23. The van der Waals surface area contributed by atoms with Crippen molar-refractivity contribution in [2.45, 2.75) is 39.0 Å². The van der Waals surface area contributed by atoms with Gasteiger partial charge in [-0.25, -0.2) is 0 Å². The summed E-state index contributed by atoms with van der Waals surface area (Å²) in [6.45, 7) is 6.58. The molecule has 0 spiro atoms. The Hall–Kier alpha value is -3.53. The van der Waals surface area contributed by atoms with Crippen molar-refractivity contribution in [2.24, 2.45) is 0 Å². The van der Waals surface area contributed by atoms with Gasteiger partial charge in [0.1, 0.15) is 11.5 Å². The number of nitrogens with one attached hydrogen (secondary N) is 2. The number of aromatic nitrogens is 3. The molecule has 2 amide bonds. The van der Waals surface area contributed by atoms with Crippen LogP contribution in [0, 0.1) is 13.8 Å². The maximum Gasteiger partial charge on any atom is 0.258 e. The Bertz CT molecular complexity index is 1130. The third-order valence-corrected chi connectivity index (χ3v) is 5.96. The molecule has 0 saturated heterocycles. The molecule has 0 aliphatic rings. The number of amides is 2. The van der Waals surface area contributed by atoms with Gasteiger partial charge < -0.3 is 24.7 Å². The van der Waals surface area contributed by atoms with E-state index >= 15 is 0 Å². The summed E-state index contributed by atoms with van der Waals surface area (Å²) >= 11 is 1.28. The summed E-state index contributed by atoms with van der Waals surface area (Å²) in [4.78, 5) is 24.6. The van der Waals surface area contributed by atoms with E-state index in [2.05, 4.69) is 20.8 Å². The third kappa shape index (κ3) is 6.74. The van der Waals surface area contributed by atoms with Crippen LogP contribution in [0.2, 0.25) is 0 Å². The number of methoxy groups -OCH3 is 1. The Kier molecular flexibility index (Phi) is 8.92. The maximum absolute atomic E-state index is 12.3. The van der Waals surface area contributed by atoms with Crippen molar-refractivity contribution in [3.8, 4) is 11.5 Å². The summed E-state index contributed by atoms with van der Waals surface area (Å²) in [6.07, 6.45) is 0. The van der Waals surface area contributed by atoms with Gasteiger partial charge >= 0.3 is 0 Å². The first-order valence-corrected chi connectivity index (χ1v) is 11.8. The largest absolute Gasteiger partial charge is 0.497 e. The maximum atomic E-state index is 12.3. The molecule has 3 aromatic rings. The SMILES string of the molecule is CCn1c(CNC(=O)COc2c(C)cccc2C)nnc1SCC(=O)Nc1cccc(OC)c1. The zero-order valence-electron chi connectivity index (χ0n) is 19.8. The molecule has 2 aromatic carbocycles. The number of ether oxygens (including phenoxy) is 2. The Labute approximate surface area is 203 Å². The van der Waals surface area contributed by atoms with Crippen LogP contribution in [0.1, 0.15) is 23.9 Å². The van der Waals surface area contributed by atoms with E-state index in [4.69, 9.17) is 9.47 Å². The van der Waals surface area contributed by atoms with Gasteiger partial charge in [0.15, 0.2) is 17.6 Å². The number of hydrogen-bond donors (Lipinski definition) is 2. The molecule has 2 N–H and O–H groups in total. The van der Waals surface area contributed by atoms with Crippen LogP contribution in [0.5, 0.6) is 11.5 Å². The first-order valence-electron chi connectivity index (χ1n) is 10.9. The Morgan fingerprint density at radius 1 is 1.06 bits per heavy atom. The predicted octanol–water partition coefficient (Wildman–Crippen LogP) is 3.35. The second-order valence-electron chi connectivity index (χ2n) is 7.50. The molecule has 1 aromatic heterocycles. The van der Waals surface area contributed by atoms with Crippen molar-refractivity contribution < 1.29 is 19.1 Å². The van der Waals surface area contributed by atoms with Crippen LogP contribution in [0.3, 0.4) is 0 Å². The summed E-state index contributed by atoms with van der Waals surface area (Å²) in [5.74, 6) is 1.76.